The van der Waals surface area contributed by atoms with E-state index in [1.165, 1.54) is 18.4 Å². The van der Waals surface area contributed by atoms with Gasteiger partial charge in [-0.05, 0) is 43.7 Å². The van der Waals surface area contributed by atoms with Crippen molar-refractivity contribution in [3.63, 3.8) is 0 Å². The molecular formula is C18H18N2O3S. The standard InChI is InChI=1S/C18H18N2O3S/c1-9-7-10(2)20-18-14(9)15(19)17(24-18)16(21)11-5-6-12(22-3)13(8-11)23-4/h5-8H,19H2,1-4H3. The van der Waals surface area contributed by atoms with Crippen LogP contribution in [-0.2, 0) is 0 Å². The van der Waals surface area contributed by atoms with E-state index in [9.17, 15) is 4.79 Å². The SMILES string of the molecule is COc1ccc(C(=O)c2sc3nc(C)cc(C)c3c2N)cc1OC. The van der Waals surface area contributed by atoms with Gasteiger partial charge in [0.05, 0.1) is 19.9 Å². The average molecular weight is 342 g/mol. The van der Waals surface area contributed by atoms with Crippen LogP contribution in [0, 0.1) is 13.8 Å². The normalized spacial score (nSPS) is 10.8. The lowest BCUT2D eigenvalue weighted by Crippen LogP contribution is -2.03. The Kier molecular flexibility index (Phi) is 4.15. The minimum absolute atomic E-state index is 0.145. The van der Waals surface area contributed by atoms with E-state index in [-0.39, 0.29) is 5.78 Å². The van der Waals surface area contributed by atoms with Gasteiger partial charge in [-0.15, -0.1) is 11.3 Å². The van der Waals surface area contributed by atoms with Crippen LogP contribution < -0.4 is 15.2 Å². The van der Waals surface area contributed by atoms with E-state index in [0.717, 1.165) is 21.5 Å². The molecule has 3 rings (SSSR count). The number of ketones is 1. The summed E-state index contributed by atoms with van der Waals surface area (Å²) in [5.41, 5.74) is 9.17. The number of benzene rings is 1. The van der Waals surface area contributed by atoms with E-state index in [1.54, 1.807) is 25.3 Å². The maximum Gasteiger partial charge on any atom is 0.205 e. The molecule has 24 heavy (non-hydrogen) atoms. The van der Waals surface area contributed by atoms with Crippen LogP contribution in [0.15, 0.2) is 24.3 Å². The highest BCUT2D eigenvalue weighted by atomic mass is 32.1. The first-order valence-electron chi connectivity index (χ1n) is 7.39. The Bertz CT molecular complexity index is 947. The maximum absolute atomic E-state index is 12.9. The largest absolute Gasteiger partial charge is 0.493 e. The van der Waals surface area contributed by atoms with Crippen molar-refractivity contribution in [1.82, 2.24) is 4.98 Å². The zero-order valence-corrected chi connectivity index (χ0v) is 14.8. The van der Waals surface area contributed by atoms with E-state index in [1.807, 2.05) is 19.9 Å². The second kappa shape index (κ2) is 6.13. The Morgan fingerprint density at radius 2 is 1.83 bits per heavy atom. The molecule has 0 fully saturated rings. The summed E-state index contributed by atoms with van der Waals surface area (Å²) in [6.45, 7) is 3.91. The summed E-state index contributed by atoms with van der Waals surface area (Å²) in [5.74, 6) is 0.938. The van der Waals surface area contributed by atoms with Crippen LogP contribution in [0.2, 0.25) is 0 Å². The molecule has 6 heteroatoms. The summed E-state index contributed by atoms with van der Waals surface area (Å²) in [6.07, 6.45) is 0. The third kappa shape index (κ3) is 2.59. The van der Waals surface area contributed by atoms with E-state index in [0.29, 0.717) is 27.6 Å². The van der Waals surface area contributed by atoms with Crippen LogP contribution in [0.4, 0.5) is 5.69 Å². The summed E-state index contributed by atoms with van der Waals surface area (Å²) in [6, 6.07) is 7.05. The molecule has 0 aliphatic rings. The van der Waals surface area contributed by atoms with Crippen molar-refractivity contribution in [3.8, 4) is 11.5 Å². The monoisotopic (exact) mass is 342 g/mol. The van der Waals surface area contributed by atoms with Gasteiger partial charge >= 0.3 is 0 Å². The molecule has 0 aliphatic heterocycles. The van der Waals surface area contributed by atoms with Gasteiger partial charge in [-0.2, -0.15) is 0 Å². The highest BCUT2D eigenvalue weighted by molar-refractivity contribution is 7.21. The van der Waals surface area contributed by atoms with Gasteiger partial charge in [-0.3, -0.25) is 4.79 Å². The van der Waals surface area contributed by atoms with Crippen LogP contribution >= 0.6 is 11.3 Å². The second-order valence-electron chi connectivity index (χ2n) is 5.50. The van der Waals surface area contributed by atoms with Crippen molar-refractivity contribution in [1.29, 1.82) is 0 Å². The Balaban J connectivity index is 2.12. The van der Waals surface area contributed by atoms with Crippen molar-refractivity contribution in [2.75, 3.05) is 20.0 Å². The molecule has 0 spiro atoms. The van der Waals surface area contributed by atoms with Crippen LogP contribution in [-0.4, -0.2) is 25.0 Å². The third-order valence-electron chi connectivity index (χ3n) is 3.88. The third-order valence-corrected chi connectivity index (χ3v) is 4.97. The second-order valence-corrected chi connectivity index (χ2v) is 6.50. The van der Waals surface area contributed by atoms with E-state index >= 15 is 0 Å². The Labute approximate surface area is 144 Å². The predicted octanol–water partition coefficient (Wildman–Crippen LogP) is 3.74. The number of carbonyl (C=O) groups excluding carboxylic acids is 1. The highest BCUT2D eigenvalue weighted by Crippen LogP contribution is 2.37. The lowest BCUT2D eigenvalue weighted by atomic mass is 10.1. The van der Waals surface area contributed by atoms with Crippen molar-refractivity contribution in [3.05, 3.63) is 46.0 Å². The number of nitrogens with zero attached hydrogens (tertiary/aromatic N) is 1. The number of nitrogens with two attached hydrogens (primary N) is 1. The van der Waals surface area contributed by atoms with Crippen LogP contribution in [0.5, 0.6) is 11.5 Å². The summed E-state index contributed by atoms with van der Waals surface area (Å²) >= 11 is 1.32. The molecule has 2 N–H and O–H groups in total. The van der Waals surface area contributed by atoms with E-state index in [4.69, 9.17) is 15.2 Å². The molecule has 2 aromatic heterocycles. The number of methoxy groups -OCH3 is 2. The molecule has 0 saturated heterocycles. The van der Waals surface area contributed by atoms with Gasteiger partial charge in [0.2, 0.25) is 5.78 Å². The molecule has 0 amide bonds. The minimum Gasteiger partial charge on any atom is -0.493 e. The van der Waals surface area contributed by atoms with Gasteiger partial charge < -0.3 is 15.2 Å². The van der Waals surface area contributed by atoms with Gasteiger partial charge in [0.1, 0.15) is 9.71 Å². The number of fused-ring (bicyclic) bond motifs is 1. The van der Waals surface area contributed by atoms with Gasteiger partial charge in [0.25, 0.3) is 0 Å². The molecule has 5 nitrogen and oxygen atoms in total. The summed E-state index contributed by atoms with van der Waals surface area (Å²) in [4.78, 5) is 18.7. The molecule has 0 radical (unpaired) electrons. The summed E-state index contributed by atoms with van der Waals surface area (Å²) in [5, 5.41) is 0.856. The number of ether oxygens (including phenoxy) is 2. The Morgan fingerprint density at radius 1 is 1.12 bits per heavy atom. The van der Waals surface area contributed by atoms with Crippen LogP contribution in [0.25, 0.3) is 10.2 Å². The van der Waals surface area contributed by atoms with Crippen LogP contribution in [0.3, 0.4) is 0 Å². The number of pyridine rings is 1. The topological polar surface area (TPSA) is 74.4 Å². The molecule has 0 aliphatic carbocycles. The quantitative estimate of drug-likeness (QED) is 0.731. The molecule has 2 heterocycles. The number of rotatable bonds is 4. The first kappa shape index (κ1) is 16.3. The molecule has 3 aromatic rings. The number of anilines is 1. The number of thiophene rings is 1. The molecule has 1 aromatic carbocycles. The van der Waals surface area contributed by atoms with Gasteiger partial charge in [0.15, 0.2) is 11.5 Å². The fourth-order valence-electron chi connectivity index (χ4n) is 2.75. The van der Waals surface area contributed by atoms with Crippen LogP contribution in [0.1, 0.15) is 26.5 Å². The van der Waals surface area contributed by atoms with Crippen molar-refractivity contribution < 1.29 is 14.3 Å². The number of hydrogen-bond acceptors (Lipinski definition) is 6. The van der Waals surface area contributed by atoms with Crippen molar-refractivity contribution >= 4 is 33.0 Å². The predicted molar refractivity (Wildman–Crippen MR) is 96.5 cm³/mol. The zero-order chi connectivity index (χ0) is 17.4. The van der Waals surface area contributed by atoms with E-state index < -0.39 is 0 Å². The number of hydrogen-bond donors (Lipinski definition) is 1. The molecule has 0 saturated carbocycles. The summed E-state index contributed by atoms with van der Waals surface area (Å²) in [7, 11) is 3.09. The fourth-order valence-corrected chi connectivity index (χ4v) is 3.92. The minimum atomic E-state index is -0.145. The molecule has 0 unspecified atom stereocenters. The summed E-state index contributed by atoms with van der Waals surface area (Å²) < 4.78 is 10.5. The first-order valence-corrected chi connectivity index (χ1v) is 8.20. The molecule has 0 atom stereocenters. The lowest BCUT2D eigenvalue weighted by molar-refractivity contribution is 0.104. The molecular weight excluding hydrogens is 324 g/mol. The van der Waals surface area contributed by atoms with Crippen molar-refractivity contribution in [2.24, 2.45) is 0 Å². The number of nitrogen functional groups attached to an aromatic ring is 1. The number of carbonyl (C=O) groups is 1. The zero-order valence-electron chi connectivity index (χ0n) is 14.0. The highest BCUT2D eigenvalue weighted by Gasteiger charge is 2.21. The fraction of sp³-hybridized carbons (Fsp3) is 0.222. The molecule has 0 bridgehead atoms. The van der Waals surface area contributed by atoms with Gasteiger partial charge in [0, 0.05) is 16.6 Å². The Hall–Kier alpha value is -2.60. The molecule has 124 valence electrons. The van der Waals surface area contributed by atoms with Crippen molar-refractivity contribution in [2.45, 2.75) is 13.8 Å². The maximum atomic E-state index is 12.9. The smallest absolute Gasteiger partial charge is 0.205 e. The first-order chi connectivity index (χ1) is 11.5. The van der Waals surface area contributed by atoms with Gasteiger partial charge in [-0.1, -0.05) is 0 Å². The number of aryl methyl sites for hydroxylation is 2. The average Bonchev–Trinajstić information content (AvgIpc) is 2.90. The van der Waals surface area contributed by atoms with E-state index in [2.05, 4.69) is 4.98 Å². The number of aromatic nitrogens is 1. The Morgan fingerprint density at radius 3 is 2.50 bits per heavy atom. The van der Waals surface area contributed by atoms with Gasteiger partial charge in [-0.25, -0.2) is 4.98 Å². The lowest BCUT2D eigenvalue weighted by Gasteiger charge is -2.08.